The lowest BCUT2D eigenvalue weighted by atomic mass is 10.6. The Hall–Kier alpha value is -1.39. The Morgan fingerprint density at radius 3 is 2.90 bits per heavy atom. The van der Waals surface area contributed by atoms with Gasteiger partial charge >= 0.3 is 0 Å². The number of hydrogen-bond donors (Lipinski definition) is 2. The fourth-order valence-corrected chi connectivity index (χ4v) is 0.599. The van der Waals surface area contributed by atoms with Crippen LogP contribution in [0.4, 0.5) is 0 Å². The minimum absolute atomic E-state index is 0.107. The van der Waals surface area contributed by atoms with E-state index in [2.05, 4.69) is 15.6 Å². The second-order valence-corrected chi connectivity index (χ2v) is 1.89. The Morgan fingerprint density at radius 1 is 1.80 bits per heavy atom. The summed E-state index contributed by atoms with van der Waals surface area (Å²) in [5.74, 6) is -0.179. The topological polar surface area (TPSA) is 70.6 Å². The maximum atomic E-state index is 10.5. The summed E-state index contributed by atoms with van der Waals surface area (Å²) in [6.07, 6.45) is 0. The van der Waals surface area contributed by atoms with Crippen molar-refractivity contribution < 1.29 is 9.59 Å². The van der Waals surface area contributed by atoms with Crippen LogP contribution in [-0.2, 0) is 9.59 Å². The van der Waals surface area contributed by atoms with Crippen molar-refractivity contribution in [2.45, 2.75) is 6.92 Å². The first-order valence-corrected chi connectivity index (χ1v) is 2.80. The van der Waals surface area contributed by atoms with Crippen LogP contribution in [0.2, 0.25) is 0 Å². The van der Waals surface area contributed by atoms with Crippen molar-refractivity contribution in [3.63, 3.8) is 0 Å². The second-order valence-electron chi connectivity index (χ2n) is 1.89. The first-order chi connectivity index (χ1) is 4.68. The zero-order valence-corrected chi connectivity index (χ0v) is 5.47. The van der Waals surface area contributed by atoms with Gasteiger partial charge in [0.25, 0.3) is 0 Å². The molecule has 0 radical (unpaired) electrons. The highest BCUT2D eigenvalue weighted by molar-refractivity contribution is 6.08. The SMILES string of the molecule is CC(=O)NC1=NCC(=O)N1. The van der Waals surface area contributed by atoms with Gasteiger partial charge in [0, 0.05) is 6.92 Å². The number of guanidine groups is 1. The summed E-state index contributed by atoms with van der Waals surface area (Å²) in [6, 6.07) is 0. The van der Waals surface area contributed by atoms with Crippen LogP contribution in [0, 0.1) is 0 Å². The predicted molar refractivity (Wildman–Crippen MR) is 34.3 cm³/mol. The van der Waals surface area contributed by atoms with Gasteiger partial charge in [-0.25, -0.2) is 4.99 Å². The van der Waals surface area contributed by atoms with Crippen molar-refractivity contribution >= 4 is 17.8 Å². The van der Waals surface area contributed by atoms with E-state index < -0.39 is 0 Å². The summed E-state index contributed by atoms with van der Waals surface area (Å²) < 4.78 is 0. The molecule has 0 aromatic carbocycles. The number of carbonyl (C=O) groups excluding carboxylic acids is 2. The van der Waals surface area contributed by atoms with Crippen LogP contribution in [-0.4, -0.2) is 24.3 Å². The lowest BCUT2D eigenvalue weighted by Gasteiger charge is -1.98. The van der Waals surface area contributed by atoms with Crippen LogP contribution in [0.5, 0.6) is 0 Å². The van der Waals surface area contributed by atoms with E-state index >= 15 is 0 Å². The van der Waals surface area contributed by atoms with Crippen LogP contribution >= 0.6 is 0 Å². The molecule has 1 aliphatic heterocycles. The number of carbonyl (C=O) groups is 2. The van der Waals surface area contributed by atoms with Crippen molar-refractivity contribution in [2.24, 2.45) is 4.99 Å². The Balaban J connectivity index is 2.44. The van der Waals surface area contributed by atoms with Crippen LogP contribution in [0.25, 0.3) is 0 Å². The van der Waals surface area contributed by atoms with Crippen molar-refractivity contribution in [3.8, 4) is 0 Å². The molecule has 0 bridgehead atoms. The molecular weight excluding hydrogens is 134 g/mol. The van der Waals surface area contributed by atoms with Crippen molar-refractivity contribution in [1.82, 2.24) is 10.6 Å². The lowest BCUT2D eigenvalue weighted by molar-refractivity contribution is -0.117. The van der Waals surface area contributed by atoms with Crippen molar-refractivity contribution in [1.29, 1.82) is 0 Å². The lowest BCUT2D eigenvalue weighted by Crippen LogP contribution is -2.38. The smallest absolute Gasteiger partial charge is 0.248 e. The van der Waals surface area contributed by atoms with E-state index in [0.29, 0.717) is 0 Å². The largest absolute Gasteiger partial charge is 0.297 e. The normalized spacial score (nSPS) is 16.1. The Bertz CT molecular complexity index is 209. The molecule has 10 heavy (non-hydrogen) atoms. The summed E-state index contributed by atoms with van der Waals surface area (Å²) in [6.45, 7) is 1.46. The third-order valence-corrected chi connectivity index (χ3v) is 0.933. The second kappa shape index (κ2) is 2.47. The van der Waals surface area contributed by atoms with Gasteiger partial charge in [-0.3, -0.25) is 20.2 Å². The van der Waals surface area contributed by atoms with Gasteiger partial charge in [0.05, 0.1) is 0 Å². The molecule has 0 aromatic rings. The van der Waals surface area contributed by atoms with Gasteiger partial charge < -0.3 is 0 Å². The van der Waals surface area contributed by atoms with Gasteiger partial charge in [0.1, 0.15) is 6.54 Å². The average molecular weight is 141 g/mol. The number of nitrogens with zero attached hydrogens (tertiary/aromatic N) is 1. The van der Waals surface area contributed by atoms with Gasteiger partial charge in [0.2, 0.25) is 17.8 Å². The summed E-state index contributed by atoms with van der Waals surface area (Å²) in [4.78, 5) is 24.5. The van der Waals surface area contributed by atoms with Crippen LogP contribution in [0.3, 0.4) is 0 Å². The van der Waals surface area contributed by atoms with E-state index in [1.807, 2.05) is 0 Å². The maximum absolute atomic E-state index is 10.5. The molecule has 0 atom stereocenters. The molecular formula is C5H7N3O2. The van der Waals surface area contributed by atoms with Crippen molar-refractivity contribution in [3.05, 3.63) is 0 Å². The number of amides is 2. The highest BCUT2D eigenvalue weighted by Gasteiger charge is 2.12. The average Bonchev–Trinajstić information content (AvgIpc) is 2.13. The van der Waals surface area contributed by atoms with Gasteiger partial charge in [-0.1, -0.05) is 0 Å². The van der Waals surface area contributed by atoms with Crippen LogP contribution in [0.15, 0.2) is 4.99 Å². The summed E-state index contributed by atoms with van der Waals surface area (Å²) in [5.41, 5.74) is 0. The fraction of sp³-hybridized carbons (Fsp3) is 0.400. The quantitative estimate of drug-likeness (QED) is 0.436. The number of aliphatic imine (C=N–C) groups is 1. The van der Waals surface area contributed by atoms with Gasteiger partial charge in [0.15, 0.2) is 0 Å². The van der Waals surface area contributed by atoms with Gasteiger partial charge in [-0.05, 0) is 0 Å². The van der Waals surface area contributed by atoms with E-state index in [0.717, 1.165) is 0 Å². The van der Waals surface area contributed by atoms with E-state index in [9.17, 15) is 9.59 Å². The van der Waals surface area contributed by atoms with E-state index in [-0.39, 0.29) is 24.3 Å². The minimum Gasteiger partial charge on any atom is -0.297 e. The van der Waals surface area contributed by atoms with Crippen LogP contribution < -0.4 is 10.6 Å². The molecule has 1 rings (SSSR count). The summed E-state index contributed by atoms with van der Waals surface area (Å²) >= 11 is 0. The Kier molecular flexibility index (Phi) is 1.66. The third kappa shape index (κ3) is 1.54. The van der Waals surface area contributed by atoms with Crippen molar-refractivity contribution in [2.75, 3.05) is 6.54 Å². The molecule has 0 saturated carbocycles. The molecule has 54 valence electrons. The molecule has 0 aliphatic carbocycles. The molecule has 0 unspecified atom stereocenters. The highest BCUT2D eigenvalue weighted by atomic mass is 16.2. The van der Waals surface area contributed by atoms with E-state index in [4.69, 9.17) is 0 Å². The van der Waals surface area contributed by atoms with E-state index in [1.54, 1.807) is 0 Å². The molecule has 0 fully saturated rings. The molecule has 1 aliphatic rings. The number of nitrogens with one attached hydrogen (secondary N) is 2. The molecule has 2 amide bonds. The molecule has 5 heteroatoms. The Morgan fingerprint density at radius 2 is 2.50 bits per heavy atom. The summed E-state index contributed by atoms with van der Waals surface area (Å²) in [5, 5.41) is 4.72. The molecule has 5 nitrogen and oxygen atoms in total. The zero-order chi connectivity index (χ0) is 7.56. The first-order valence-electron chi connectivity index (χ1n) is 2.80. The fourth-order valence-electron chi connectivity index (χ4n) is 0.599. The molecule has 0 saturated heterocycles. The Labute approximate surface area is 57.5 Å². The third-order valence-electron chi connectivity index (χ3n) is 0.933. The van der Waals surface area contributed by atoms with Crippen LogP contribution in [0.1, 0.15) is 6.92 Å². The standard InChI is InChI=1S/C5H7N3O2/c1-3(9)7-5-6-2-4(10)8-5/h2H2,1H3,(H2,6,7,8,9,10). The molecule has 1 heterocycles. The molecule has 0 spiro atoms. The van der Waals surface area contributed by atoms with Gasteiger partial charge in [-0.15, -0.1) is 0 Å². The monoisotopic (exact) mass is 141 g/mol. The predicted octanol–water partition coefficient (Wildman–Crippen LogP) is -1.39. The highest BCUT2D eigenvalue weighted by Crippen LogP contribution is 1.82. The zero-order valence-electron chi connectivity index (χ0n) is 5.47. The minimum atomic E-state index is -0.235. The number of hydrogen-bond acceptors (Lipinski definition) is 3. The number of rotatable bonds is 0. The van der Waals surface area contributed by atoms with E-state index in [1.165, 1.54) is 6.92 Å². The first kappa shape index (κ1) is 6.73. The molecule has 2 N–H and O–H groups in total. The molecule has 0 aromatic heterocycles. The van der Waals surface area contributed by atoms with Gasteiger partial charge in [-0.2, -0.15) is 0 Å². The summed E-state index contributed by atoms with van der Waals surface area (Å²) in [7, 11) is 0. The maximum Gasteiger partial charge on any atom is 0.248 e.